The largest absolute Gasteiger partial charge is 0.353 e. The normalized spacial score (nSPS) is 13.7. The van der Waals surface area contributed by atoms with Crippen LogP contribution in [0.15, 0.2) is 77.4 Å². The maximum absolute atomic E-state index is 13.3. The van der Waals surface area contributed by atoms with Crippen LogP contribution in [-0.2, 0) is 0 Å². The van der Waals surface area contributed by atoms with Gasteiger partial charge in [-0.2, -0.15) is 4.98 Å². The Morgan fingerprint density at radius 2 is 1.56 bits per heavy atom. The summed E-state index contributed by atoms with van der Waals surface area (Å²) in [6, 6.07) is 19.9. The van der Waals surface area contributed by atoms with E-state index in [9.17, 15) is 9.59 Å². The molecule has 0 spiro atoms. The number of carbonyl (C=O) groups excluding carboxylic acids is 2. The molecule has 1 fully saturated rings. The second-order valence-corrected chi connectivity index (χ2v) is 8.06. The Morgan fingerprint density at radius 3 is 2.21 bits per heavy atom. The van der Waals surface area contributed by atoms with Crippen LogP contribution in [0.25, 0.3) is 11.4 Å². The van der Waals surface area contributed by atoms with Crippen molar-refractivity contribution in [3.05, 3.63) is 95.5 Å². The van der Waals surface area contributed by atoms with Crippen molar-refractivity contribution in [2.75, 3.05) is 31.1 Å². The predicted molar refractivity (Wildman–Crippen MR) is 127 cm³/mol. The molecule has 8 nitrogen and oxygen atoms in total. The molecule has 34 heavy (non-hydrogen) atoms. The van der Waals surface area contributed by atoms with Crippen LogP contribution >= 0.6 is 0 Å². The Hall–Kier alpha value is -4.33. The topological polar surface area (TPSA) is 92.4 Å². The molecule has 1 aliphatic heterocycles. The molecule has 1 saturated heterocycles. The van der Waals surface area contributed by atoms with Crippen LogP contribution in [0.2, 0.25) is 0 Å². The number of benzene rings is 2. The van der Waals surface area contributed by atoms with E-state index < -0.39 is 0 Å². The van der Waals surface area contributed by atoms with Crippen molar-refractivity contribution in [2.24, 2.45) is 0 Å². The number of hydrogen-bond donors (Lipinski definition) is 0. The monoisotopic (exact) mass is 453 g/mol. The summed E-state index contributed by atoms with van der Waals surface area (Å²) in [7, 11) is 0. The van der Waals surface area contributed by atoms with E-state index >= 15 is 0 Å². The maximum atomic E-state index is 13.3. The average molecular weight is 454 g/mol. The number of ketones is 1. The van der Waals surface area contributed by atoms with Gasteiger partial charge in [0.05, 0.1) is 5.56 Å². The number of nitrogens with zero attached hydrogens (tertiary/aromatic N) is 5. The van der Waals surface area contributed by atoms with Gasteiger partial charge in [-0.25, -0.2) is 4.98 Å². The van der Waals surface area contributed by atoms with Crippen molar-refractivity contribution >= 4 is 17.5 Å². The summed E-state index contributed by atoms with van der Waals surface area (Å²) in [4.78, 5) is 39.0. The minimum absolute atomic E-state index is 0.129. The van der Waals surface area contributed by atoms with Crippen LogP contribution in [0.5, 0.6) is 0 Å². The number of aromatic nitrogens is 3. The van der Waals surface area contributed by atoms with Gasteiger partial charge in [-0.1, -0.05) is 53.7 Å². The molecule has 1 aliphatic rings. The number of hydrogen-bond acceptors (Lipinski definition) is 7. The number of amides is 1. The molecule has 0 aliphatic carbocycles. The molecule has 3 heterocycles. The van der Waals surface area contributed by atoms with Gasteiger partial charge in [0.2, 0.25) is 11.7 Å². The molecule has 5 rings (SSSR count). The first-order chi connectivity index (χ1) is 16.6. The van der Waals surface area contributed by atoms with Crippen molar-refractivity contribution in [2.45, 2.75) is 6.92 Å². The lowest BCUT2D eigenvalue weighted by Crippen LogP contribution is -2.49. The molecule has 0 unspecified atom stereocenters. The molecular formula is C26H23N5O3. The van der Waals surface area contributed by atoms with E-state index in [0.29, 0.717) is 54.6 Å². The highest BCUT2D eigenvalue weighted by Gasteiger charge is 2.26. The third kappa shape index (κ3) is 4.30. The van der Waals surface area contributed by atoms with Gasteiger partial charge >= 0.3 is 0 Å². The molecule has 170 valence electrons. The molecule has 4 aromatic rings. The molecular weight excluding hydrogens is 430 g/mol. The second kappa shape index (κ2) is 9.27. The molecule has 0 N–H and O–H groups in total. The van der Waals surface area contributed by atoms with E-state index in [2.05, 4.69) is 20.0 Å². The Morgan fingerprint density at radius 1 is 0.853 bits per heavy atom. The van der Waals surface area contributed by atoms with Crippen LogP contribution in [0.3, 0.4) is 0 Å². The lowest BCUT2D eigenvalue weighted by atomic mass is 9.97. The van der Waals surface area contributed by atoms with Gasteiger partial charge in [-0.3, -0.25) is 9.59 Å². The molecule has 0 radical (unpaired) electrons. The minimum Gasteiger partial charge on any atom is -0.353 e. The zero-order valence-electron chi connectivity index (χ0n) is 18.7. The zero-order chi connectivity index (χ0) is 23.5. The zero-order valence-corrected chi connectivity index (χ0v) is 18.7. The number of anilines is 1. The number of rotatable bonds is 5. The lowest BCUT2D eigenvalue weighted by Gasteiger charge is -2.35. The first-order valence-corrected chi connectivity index (χ1v) is 11.1. The fourth-order valence-corrected chi connectivity index (χ4v) is 4.04. The fourth-order valence-electron chi connectivity index (χ4n) is 4.04. The van der Waals surface area contributed by atoms with Crippen LogP contribution in [0.1, 0.15) is 32.2 Å². The van der Waals surface area contributed by atoms with Crippen LogP contribution in [-0.4, -0.2) is 57.9 Å². The third-order valence-electron chi connectivity index (χ3n) is 5.86. The highest BCUT2D eigenvalue weighted by atomic mass is 16.5. The van der Waals surface area contributed by atoms with Gasteiger partial charge in [0.25, 0.3) is 5.91 Å². The molecule has 0 bridgehead atoms. The summed E-state index contributed by atoms with van der Waals surface area (Å²) in [6.45, 7) is 4.12. The number of carbonyl (C=O) groups is 2. The van der Waals surface area contributed by atoms with Gasteiger partial charge in [-0.05, 0) is 18.2 Å². The van der Waals surface area contributed by atoms with Crippen molar-refractivity contribution in [1.82, 2.24) is 20.0 Å². The smallest absolute Gasteiger partial charge is 0.254 e. The SMILES string of the molecule is Cc1nc(-c2ccc(N3CCN(C(=O)c4ccccc4C(=O)c4ccccc4)CC3)nc2)no1. The van der Waals surface area contributed by atoms with Gasteiger partial charge in [0, 0.05) is 56.0 Å². The number of piperazine rings is 1. The highest BCUT2D eigenvalue weighted by molar-refractivity contribution is 6.15. The number of pyridine rings is 1. The van der Waals surface area contributed by atoms with E-state index in [-0.39, 0.29) is 11.7 Å². The molecule has 0 atom stereocenters. The molecule has 1 amide bonds. The summed E-state index contributed by atoms with van der Waals surface area (Å²) in [5.74, 6) is 1.57. The third-order valence-corrected chi connectivity index (χ3v) is 5.86. The summed E-state index contributed by atoms with van der Waals surface area (Å²) in [5, 5.41) is 3.92. The Kier molecular flexibility index (Phi) is 5.86. The maximum Gasteiger partial charge on any atom is 0.254 e. The lowest BCUT2D eigenvalue weighted by molar-refractivity contribution is 0.0742. The standard InChI is InChI=1S/C26H23N5O3/c1-18-28-25(29-34-18)20-11-12-23(27-17-20)30-13-15-31(16-14-30)26(33)22-10-6-5-9-21(22)24(32)19-7-3-2-4-8-19/h2-12,17H,13-16H2,1H3. The van der Waals surface area contributed by atoms with E-state index in [1.54, 1.807) is 54.4 Å². The fraction of sp³-hybridized carbons (Fsp3) is 0.192. The number of aryl methyl sites for hydroxylation is 1. The van der Waals surface area contributed by atoms with E-state index in [4.69, 9.17) is 4.52 Å². The Bertz CT molecular complexity index is 1310. The van der Waals surface area contributed by atoms with Crippen molar-refractivity contribution in [3.63, 3.8) is 0 Å². The van der Waals surface area contributed by atoms with Crippen LogP contribution < -0.4 is 4.90 Å². The van der Waals surface area contributed by atoms with Crippen LogP contribution in [0, 0.1) is 6.92 Å². The molecule has 2 aromatic carbocycles. The molecule has 0 saturated carbocycles. The van der Waals surface area contributed by atoms with Gasteiger partial charge in [-0.15, -0.1) is 0 Å². The average Bonchev–Trinajstić information content (AvgIpc) is 3.35. The van der Waals surface area contributed by atoms with E-state index in [0.717, 1.165) is 11.4 Å². The van der Waals surface area contributed by atoms with Crippen LogP contribution in [0.4, 0.5) is 5.82 Å². The first kappa shape index (κ1) is 21.5. The van der Waals surface area contributed by atoms with Gasteiger partial charge in [0.15, 0.2) is 5.78 Å². The minimum atomic E-state index is -0.149. The van der Waals surface area contributed by atoms with Crippen molar-refractivity contribution in [1.29, 1.82) is 0 Å². The highest BCUT2D eigenvalue weighted by Crippen LogP contribution is 2.21. The summed E-state index contributed by atoms with van der Waals surface area (Å²) in [5.41, 5.74) is 2.21. The predicted octanol–water partition coefficient (Wildman–Crippen LogP) is 3.63. The second-order valence-electron chi connectivity index (χ2n) is 8.06. The summed E-state index contributed by atoms with van der Waals surface area (Å²) in [6.07, 6.45) is 1.72. The van der Waals surface area contributed by atoms with Crippen molar-refractivity contribution in [3.8, 4) is 11.4 Å². The Labute approximate surface area is 196 Å². The van der Waals surface area contributed by atoms with E-state index in [1.807, 2.05) is 30.3 Å². The quantitative estimate of drug-likeness (QED) is 0.426. The molecule has 8 heteroatoms. The summed E-state index contributed by atoms with van der Waals surface area (Å²) >= 11 is 0. The molecule has 2 aromatic heterocycles. The first-order valence-electron chi connectivity index (χ1n) is 11.1. The summed E-state index contributed by atoms with van der Waals surface area (Å²) < 4.78 is 5.03. The van der Waals surface area contributed by atoms with Crippen molar-refractivity contribution < 1.29 is 14.1 Å². The van der Waals surface area contributed by atoms with Gasteiger partial charge in [0.1, 0.15) is 5.82 Å². The van der Waals surface area contributed by atoms with E-state index in [1.165, 1.54) is 0 Å². The van der Waals surface area contributed by atoms with Gasteiger partial charge < -0.3 is 14.3 Å². The Balaban J connectivity index is 1.27.